The van der Waals surface area contributed by atoms with Crippen LogP contribution >= 0.6 is 11.8 Å². The highest BCUT2D eigenvalue weighted by Crippen LogP contribution is 2.37. The lowest BCUT2D eigenvalue weighted by Gasteiger charge is -2.25. The third-order valence-corrected chi connectivity index (χ3v) is 9.33. The lowest BCUT2D eigenvalue weighted by atomic mass is 10.1. The summed E-state index contributed by atoms with van der Waals surface area (Å²) in [6.45, 7) is 10.2. The average molecular weight is 472 g/mol. The predicted octanol–water partition coefficient (Wildman–Crippen LogP) is 3.94. The second kappa shape index (κ2) is 8.56. The van der Waals surface area contributed by atoms with Gasteiger partial charge in [-0.25, -0.2) is 8.42 Å². The van der Waals surface area contributed by atoms with Crippen molar-refractivity contribution in [2.24, 2.45) is 4.99 Å². The van der Waals surface area contributed by atoms with Crippen molar-refractivity contribution in [3.63, 3.8) is 0 Å². The fraction of sp³-hybridized carbons (Fsp3) is 0.417. The molecule has 1 saturated heterocycles. The van der Waals surface area contributed by atoms with E-state index in [0.29, 0.717) is 5.17 Å². The van der Waals surface area contributed by atoms with E-state index in [1.807, 2.05) is 44.7 Å². The van der Waals surface area contributed by atoms with E-state index in [1.54, 1.807) is 0 Å². The van der Waals surface area contributed by atoms with Crippen LogP contribution in [0.3, 0.4) is 0 Å². The number of benzene rings is 2. The number of carbonyl (C=O) groups is 1. The molecule has 0 spiro atoms. The molecule has 32 heavy (non-hydrogen) atoms. The fourth-order valence-corrected chi connectivity index (χ4v) is 8.11. The van der Waals surface area contributed by atoms with Gasteiger partial charge in [0.2, 0.25) is 5.91 Å². The summed E-state index contributed by atoms with van der Waals surface area (Å²) >= 11 is 1.47. The number of amides is 1. The first-order chi connectivity index (χ1) is 15.0. The third-order valence-electron chi connectivity index (χ3n) is 6.08. The Balaban J connectivity index is 1.62. The molecule has 1 N–H and O–H groups in total. The summed E-state index contributed by atoms with van der Waals surface area (Å²) in [5.74, 6) is 0.0960. The molecule has 1 fully saturated rings. The molecule has 0 saturated carbocycles. The minimum atomic E-state index is -3.03. The van der Waals surface area contributed by atoms with Crippen molar-refractivity contribution >= 4 is 44.0 Å². The molecule has 0 aliphatic carbocycles. The largest absolute Gasteiger partial charge is 0.324 e. The number of carbonyl (C=O) groups excluding carboxylic acids is 1. The number of thioether (sulfide) groups is 1. The highest BCUT2D eigenvalue weighted by molar-refractivity contribution is 8.15. The van der Waals surface area contributed by atoms with Crippen molar-refractivity contribution in [3.8, 4) is 0 Å². The standard InChI is InChI=1S/C24H29N3O3S2/c1-14-8-17(4)23(18(5)9-14)26-22(28)11-27(19-7-6-15(2)16(3)10-19)24-25-20-12-32(29,30)13-21(20)31-24/h6-10,20-21H,11-13H2,1-5H3,(H,26,28)/t20-,21-/m0/s1. The molecule has 2 aliphatic heterocycles. The van der Waals surface area contributed by atoms with Crippen molar-refractivity contribution in [2.75, 3.05) is 28.3 Å². The molecule has 170 valence electrons. The van der Waals surface area contributed by atoms with Crippen LogP contribution in [0.5, 0.6) is 0 Å². The van der Waals surface area contributed by atoms with E-state index in [4.69, 9.17) is 4.99 Å². The van der Waals surface area contributed by atoms with Gasteiger partial charge >= 0.3 is 0 Å². The van der Waals surface area contributed by atoms with Gasteiger partial charge in [0.1, 0.15) is 6.54 Å². The van der Waals surface area contributed by atoms with Crippen LogP contribution in [0.2, 0.25) is 0 Å². The van der Waals surface area contributed by atoms with Crippen LogP contribution in [0.25, 0.3) is 0 Å². The van der Waals surface area contributed by atoms with Crippen LogP contribution in [0.1, 0.15) is 27.8 Å². The maximum atomic E-state index is 13.1. The third kappa shape index (κ3) is 4.71. The SMILES string of the molecule is Cc1cc(C)c(NC(=O)CN(C2=N[C@H]3CS(=O)(=O)C[C@@H]3S2)c2ccc(C)c(C)c2)c(C)c1. The summed E-state index contributed by atoms with van der Waals surface area (Å²) in [7, 11) is -3.03. The van der Waals surface area contributed by atoms with Crippen LogP contribution in [-0.4, -0.2) is 48.8 Å². The highest BCUT2D eigenvalue weighted by atomic mass is 32.2. The highest BCUT2D eigenvalue weighted by Gasteiger charge is 2.44. The summed E-state index contributed by atoms with van der Waals surface area (Å²) in [6.07, 6.45) is 0. The summed E-state index contributed by atoms with van der Waals surface area (Å²) in [5, 5.41) is 3.72. The summed E-state index contributed by atoms with van der Waals surface area (Å²) < 4.78 is 24.0. The second-order valence-corrected chi connectivity index (χ2v) is 12.2. The zero-order valence-corrected chi connectivity index (χ0v) is 20.7. The first kappa shape index (κ1) is 22.9. The number of rotatable bonds is 4. The predicted molar refractivity (Wildman–Crippen MR) is 134 cm³/mol. The van der Waals surface area contributed by atoms with Gasteiger partial charge in [0.15, 0.2) is 15.0 Å². The topological polar surface area (TPSA) is 78.8 Å². The van der Waals surface area contributed by atoms with E-state index in [2.05, 4.69) is 30.4 Å². The molecule has 2 aromatic carbocycles. The van der Waals surface area contributed by atoms with E-state index in [0.717, 1.165) is 33.6 Å². The number of hydrogen-bond donors (Lipinski definition) is 1. The molecule has 2 heterocycles. The first-order valence-corrected chi connectivity index (χ1v) is 13.4. The molecule has 0 bridgehead atoms. The molecule has 0 aromatic heterocycles. The molecule has 6 nitrogen and oxygen atoms in total. The zero-order valence-electron chi connectivity index (χ0n) is 19.1. The summed E-state index contributed by atoms with van der Waals surface area (Å²) in [5.41, 5.74) is 7.24. The van der Waals surface area contributed by atoms with Gasteiger partial charge in [-0.15, -0.1) is 0 Å². The number of amidine groups is 1. The first-order valence-electron chi connectivity index (χ1n) is 10.7. The van der Waals surface area contributed by atoms with Crippen LogP contribution in [0.4, 0.5) is 11.4 Å². The van der Waals surface area contributed by atoms with Gasteiger partial charge in [-0.2, -0.15) is 0 Å². The molecular weight excluding hydrogens is 442 g/mol. The number of hydrogen-bond acceptors (Lipinski definition) is 6. The van der Waals surface area contributed by atoms with E-state index in [-0.39, 0.29) is 35.2 Å². The Morgan fingerprint density at radius 1 is 1.03 bits per heavy atom. The van der Waals surface area contributed by atoms with Gasteiger partial charge in [-0.05, 0) is 69.0 Å². The number of aryl methyl sites for hydroxylation is 5. The normalized spacial score (nSPS) is 21.2. The molecule has 2 aromatic rings. The van der Waals surface area contributed by atoms with Crippen LogP contribution < -0.4 is 10.2 Å². The van der Waals surface area contributed by atoms with Gasteiger partial charge in [-0.3, -0.25) is 9.79 Å². The van der Waals surface area contributed by atoms with E-state index in [9.17, 15) is 13.2 Å². The van der Waals surface area contributed by atoms with Crippen molar-refractivity contribution in [3.05, 3.63) is 58.1 Å². The van der Waals surface area contributed by atoms with Gasteiger partial charge < -0.3 is 10.2 Å². The summed E-state index contributed by atoms with van der Waals surface area (Å²) in [6, 6.07) is 9.96. The number of nitrogens with one attached hydrogen (secondary N) is 1. The monoisotopic (exact) mass is 471 g/mol. The van der Waals surface area contributed by atoms with Crippen molar-refractivity contribution in [2.45, 2.75) is 45.9 Å². The Labute approximate surface area is 194 Å². The molecule has 1 amide bonds. The number of anilines is 2. The average Bonchev–Trinajstić information content (AvgIpc) is 3.18. The Kier molecular flexibility index (Phi) is 6.11. The van der Waals surface area contributed by atoms with Gasteiger partial charge in [0.25, 0.3) is 0 Å². The number of aliphatic imine (C=N–C) groups is 1. The van der Waals surface area contributed by atoms with E-state index >= 15 is 0 Å². The minimum Gasteiger partial charge on any atom is -0.324 e. The second-order valence-electron chi connectivity index (χ2n) is 8.89. The summed E-state index contributed by atoms with van der Waals surface area (Å²) in [4.78, 5) is 19.8. The molecule has 0 radical (unpaired) electrons. The van der Waals surface area contributed by atoms with Crippen LogP contribution in [0, 0.1) is 34.6 Å². The molecule has 8 heteroatoms. The lowest BCUT2D eigenvalue weighted by Crippen LogP contribution is -2.37. The lowest BCUT2D eigenvalue weighted by molar-refractivity contribution is -0.114. The van der Waals surface area contributed by atoms with E-state index in [1.165, 1.54) is 17.3 Å². The quantitative estimate of drug-likeness (QED) is 0.731. The molecule has 4 rings (SSSR count). The minimum absolute atomic E-state index is 0.0753. The maximum Gasteiger partial charge on any atom is 0.244 e. The van der Waals surface area contributed by atoms with Crippen LogP contribution in [0.15, 0.2) is 35.3 Å². The Morgan fingerprint density at radius 3 is 2.34 bits per heavy atom. The number of nitrogens with zero attached hydrogens (tertiary/aromatic N) is 2. The molecular formula is C24H29N3O3S2. The number of fused-ring (bicyclic) bond motifs is 1. The van der Waals surface area contributed by atoms with Crippen molar-refractivity contribution in [1.82, 2.24) is 0 Å². The number of sulfone groups is 1. The maximum absolute atomic E-state index is 13.1. The van der Waals surface area contributed by atoms with Crippen molar-refractivity contribution in [1.29, 1.82) is 0 Å². The van der Waals surface area contributed by atoms with Crippen LogP contribution in [-0.2, 0) is 14.6 Å². The van der Waals surface area contributed by atoms with Gasteiger partial charge in [-0.1, -0.05) is 35.5 Å². The molecule has 2 atom stereocenters. The van der Waals surface area contributed by atoms with E-state index < -0.39 is 9.84 Å². The van der Waals surface area contributed by atoms with Crippen molar-refractivity contribution < 1.29 is 13.2 Å². The Bertz CT molecular complexity index is 1200. The zero-order chi connectivity index (χ0) is 23.2. The molecule has 0 unspecified atom stereocenters. The Hall–Kier alpha value is -2.32. The smallest absolute Gasteiger partial charge is 0.244 e. The fourth-order valence-electron chi connectivity index (χ4n) is 4.33. The van der Waals surface area contributed by atoms with Gasteiger partial charge in [0, 0.05) is 16.6 Å². The Morgan fingerprint density at radius 2 is 1.72 bits per heavy atom. The van der Waals surface area contributed by atoms with Gasteiger partial charge in [0.05, 0.1) is 17.5 Å². The molecule has 2 aliphatic rings.